The fraction of sp³-hybridized carbons (Fsp3) is 0.667. The Morgan fingerprint density at radius 1 is 1.35 bits per heavy atom. The first kappa shape index (κ1) is 13.9. The molecular weight excluding hydrogens is 270 g/mol. The Kier molecular flexibility index (Phi) is 4.55. The van der Waals surface area contributed by atoms with Crippen LogP contribution in [0.2, 0.25) is 0 Å². The third-order valence-corrected chi connectivity index (χ3v) is 5.66. The maximum Gasteiger partial charge on any atom is 0.223 e. The summed E-state index contributed by atoms with van der Waals surface area (Å²) in [5.74, 6) is 1.39. The lowest BCUT2D eigenvalue weighted by atomic mass is 9.93. The summed E-state index contributed by atoms with van der Waals surface area (Å²) in [6.45, 7) is 0.922. The molecule has 5 heteroatoms. The van der Waals surface area contributed by atoms with Crippen LogP contribution in [0, 0.1) is 0 Å². The Morgan fingerprint density at radius 2 is 2.25 bits per heavy atom. The van der Waals surface area contributed by atoms with E-state index >= 15 is 0 Å². The molecule has 4 nitrogen and oxygen atoms in total. The van der Waals surface area contributed by atoms with Crippen molar-refractivity contribution >= 4 is 17.7 Å². The van der Waals surface area contributed by atoms with Gasteiger partial charge < -0.3 is 4.90 Å². The predicted molar refractivity (Wildman–Crippen MR) is 80.6 cm³/mol. The highest BCUT2D eigenvalue weighted by Gasteiger charge is 2.35. The number of aryl methyl sites for hydroxylation is 1. The fourth-order valence-electron chi connectivity index (χ4n) is 3.24. The number of fused-ring (bicyclic) bond motifs is 1. The van der Waals surface area contributed by atoms with Gasteiger partial charge in [-0.2, -0.15) is 11.8 Å². The van der Waals surface area contributed by atoms with E-state index in [9.17, 15) is 4.79 Å². The number of amides is 1. The smallest absolute Gasteiger partial charge is 0.223 e. The first-order valence-corrected chi connectivity index (χ1v) is 8.55. The Balaban J connectivity index is 1.58. The molecule has 1 aliphatic carbocycles. The second kappa shape index (κ2) is 6.57. The molecule has 108 valence electrons. The van der Waals surface area contributed by atoms with Gasteiger partial charge in [0.05, 0.1) is 5.69 Å². The molecule has 0 N–H and O–H groups in total. The normalized spacial score (nSPS) is 26.1. The largest absolute Gasteiger partial charge is 0.338 e. The van der Waals surface area contributed by atoms with Crippen molar-refractivity contribution in [3.05, 3.63) is 24.3 Å². The zero-order valence-corrected chi connectivity index (χ0v) is 12.5. The predicted octanol–water partition coefficient (Wildman–Crippen LogP) is 2.30. The van der Waals surface area contributed by atoms with Gasteiger partial charge >= 0.3 is 0 Å². The number of thioether (sulfide) groups is 1. The summed E-state index contributed by atoms with van der Waals surface area (Å²) in [6, 6.07) is 0.483. The molecule has 1 saturated heterocycles. The molecule has 1 saturated carbocycles. The molecule has 0 aromatic carbocycles. The van der Waals surface area contributed by atoms with Gasteiger partial charge in [0.25, 0.3) is 0 Å². The van der Waals surface area contributed by atoms with Crippen LogP contribution in [-0.2, 0) is 11.2 Å². The average Bonchev–Trinajstić information content (AvgIpc) is 2.53. The van der Waals surface area contributed by atoms with Crippen LogP contribution < -0.4 is 0 Å². The molecule has 1 aliphatic heterocycles. The zero-order valence-electron chi connectivity index (χ0n) is 11.7. The fourth-order valence-corrected chi connectivity index (χ4v) is 4.69. The van der Waals surface area contributed by atoms with E-state index in [1.165, 1.54) is 25.7 Å². The first-order valence-electron chi connectivity index (χ1n) is 7.50. The van der Waals surface area contributed by atoms with E-state index in [4.69, 9.17) is 0 Å². The molecule has 2 unspecified atom stereocenters. The minimum Gasteiger partial charge on any atom is -0.338 e. The van der Waals surface area contributed by atoms with Gasteiger partial charge in [0.15, 0.2) is 0 Å². The van der Waals surface area contributed by atoms with Crippen LogP contribution in [-0.4, -0.2) is 44.4 Å². The monoisotopic (exact) mass is 291 g/mol. The Morgan fingerprint density at radius 3 is 3.10 bits per heavy atom. The molecule has 1 amide bonds. The molecule has 2 atom stereocenters. The zero-order chi connectivity index (χ0) is 13.8. The summed E-state index contributed by atoms with van der Waals surface area (Å²) in [6.07, 6.45) is 11.4. The summed E-state index contributed by atoms with van der Waals surface area (Å²) in [5, 5.41) is 0.679. The quantitative estimate of drug-likeness (QED) is 0.857. The summed E-state index contributed by atoms with van der Waals surface area (Å²) in [5.41, 5.74) is 0.910. The molecule has 1 aromatic rings. The highest BCUT2D eigenvalue weighted by Crippen LogP contribution is 2.35. The lowest BCUT2D eigenvalue weighted by Gasteiger charge is -2.43. The molecule has 0 spiro atoms. The second-order valence-electron chi connectivity index (χ2n) is 5.54. The van der Waals surface area contributed by atoms with Gasteiger partial charge in [0.1, 0.15) is 0 Å². The summed E-state index contributed by atoms with van der Waals surface area (Å²) in [4.78, 5) is 22.9. The van der Waals surface area contributed by atoms with E-state index in [1.54, 1.807) is 18.6 Å². The van der Waals surface area contributed by atoms with Crippen molar-refractivity contribution in [3.63, 3.8) is 0 Å². The summed E-state index contributed by atoms with van der Waals surface area (Å²) in [7, 11) is 0. The number of rotatable bonds is 3. The maximum atomic E-state index is 12.5. The summed E-state index contributed by atoms with van der Waals surface area (Å²) >= 11 is 2.07. The topological polar surface area (TPSA) is 46.1 Å². The van der Waals surface area contributed by atoms with E-state index in [0.717, 1.165) is 18.0 Å². The number of carbonyl (C=O) groups is 1. The number of aromatic nitrogens is 2. The van der Waals surface area contributed by atoms with Gasteiger partial charge in [-0.1, -0.05) is 12.8 Å². The number of nitrogens with zero attached hydrogens (tertiary/aromatic N) is 3. The average molecular weight is 291 g/mol. The van der Waals surface area contributed by atoms with Crippen molar-refractivity contribution in [2.75, 3.05) is 12.3 Å². The molecule has 0 bridgehead atoms. The molecule has 2 aliphatic rings. The minimum absolute atomic E-state index is 0.299. The van der Waals surface area contributed by atoms with Gasteiger partial charge in [0.2, 0.25) is 5.91 Å². The van der Waals surface area contributed by atoms with Crippen molar-refractivity contribution < 1.29 is 4.79 Å². The van der Waals surface area contributed by atoms with Crippen LogP contribution >= 0.6 is 11.8 Å². The van der Waals surface area contributed by atoms with Crippen LogP contribution in [0.4, 0.5) is 0 Å². The highest BCUT2D eigenvalue weighted by atomic mass is 32.2. The van der Waals surface area contributed by atoms with Crippen molar-refractivity contribution in [2.45, 2.75) is 49.8 Å². The number of hydrogen-bond acceptors (Lipinski definition) is 4. The first-order chi connectivity index (χ1) is 9.84. The van der Waals surface area contributed by atoms with Crippen LogP contribution in [0.3, 0.4) is 0 Å². The second-order valence-corrected chi connectivity index (χ2v) is 6.89. The van der Waals surface area contributed by atoms with E-state index in [1.807, 2.05) is 0 Å². The molecule has 2 fully saturated rings. The van der Waals surface area contributed by atoms with Gasteiger partial charge in [-0.05, 0) is 19.3 Å². The summed E-state index contributed by atoms with van der Waals surface area (Å²) < 4.78 is 0. The van der Waals surface area contributed by atoms with Crippen LogP contribution in [0.1, 0.15) is 37.8 Å². The number of carbonyl (C=O) groups excluding carboxylic acids is 1. The number of hydrogen-bond donors (Lipinski definition) is 0. The van der Waals surface area contributed by atoms with Gasteiger partial charge in [0, 0.05) is 48.6 Å². The highest BCUT2D eigenvalue weighted by molar-refractivity contribution is 8.00. The maximum absolute atomic E-state index is 12.5. The van der Waals surface area contributed by atoms with Gasteiger partial charge in [-0.3, -0.25) is 14.8 Å². The Labute approximate surface area is 124 Å². The van der Waals surface area contributed by atoms with E-state index in [2.05, 4.69) is 26.6 Å². The third-order valence-electron chi connectivity index (χ3n) is 4.26. The molecular formula is C15H21N3OS. The molecule has 1 aromatic heterocycles. The van der Waals surface area contributed by atoms with E-state index in [0.29, 0.717) is 30.0 Å². The molecule has 0 radical (unpaired) electrons. The van der Waals surface area contributed by atoms with Crippen molar-refractivity contribution in [2.24, 2.45) is 0 Å². The van der Waals surface area contributed by atoms with E-state index in [-0.39, 0.29) is 0 Å². The van der Waals surface area contributed by atoms with Gasteiger partial charge in [-0.15, -0.1) is 0 Å². The standard InChI is InChI=1S/C15H21N3OS/c19-15(6-5-12-11-16-7-8-17-12)18-9-10-20-14-4-2-1-3-13(14)18/h7-8,11,13-14H,1-6,9-10H2. The van der Waals surface area contributed by atoms with E-state index < -0.39 is 0 Å². The van der Waals surface area contributed by atoms with Crippen molar-refractivity contribution in [1.82, 2.24) is 14.9 Å². The Bertz CT molecular complexity index is 452. The van der Waals surface area contributed by atoms with Crippen LogP contribution in [0.25, 0.3) is 0 Å². The van der Waals surface area contributed by atoms with Gasteiger partial charge in [-0.25, -0.2) is 0 Å². The lowest BCUT2D eigenvalue weighted by molar-refractivity contribution is -0.134. The lowest BCUT2D eigenvalue weighted by Crippen LogP contribution is -2.51. The third kappa shape index (κ3) is 3.14. The molecule has 20 heavy (non-hydrogen) atoms. The Hall–Kier alpha value is -1.10. The molecule has 2 heterocycles. The van der Waals surface area contributed by atoms with Crippen LogP contribution in [0.5, 0.6) is 0 Å². The van der Waals surface area contributed by atoms with Crippen LogP contribution in [0.15, 0.2) is 18.6 Å². The minimum atomic E-state index is 0.299. The van der Waals surface area contributed by atoms with Crippen molar-refractivity contribution in [3.8, 4) is 0 Å². The SMILES string of the molecule is O=C(CCc1cnccn1)N1CCSC2CCCCC21. The molecule has 3 rings (SSSR count). The van der Waals surface area contributed by atoms with Crippen molar-refractivity contribution in [1.29, 1.82) is 0 Å².